The molecule has 2 aromatic heterocycles. The molecule has 31 heavy (non-hydrogen) atoms. The largest absolute Gasteiger partial charge is 0.375 e. The third kappa shape index (κ3) is 17.8. The molecule has 2 rings (SSSR count). The first-order valence-corrected chi connectivity index (χ1v) is 11.5. The van der Waals surface area contributed by atoms with E-state index < -0.39 is 0 Å². The number of nitrogen functional groups attached to an aromatic ring is 2. The normalized spacial score (nSPS) is 9.26. The van der Waals surface area contributed by atoms with Gasteiger partial charge in [0.25, 0.3) is 5.01 Å². The highest BCUT2D eigenvalue weighted by molar-refractivity contribution is 7.80. The summed E-state index contributed by atoms with van der Waals surface area (Å²) in [6.45, 7) is 0. The van der Waals surface area contributed by atoms with Gasteiger partial charge in [0.15, 0.2) is 10.3 Å². The maximum atomic E-state index is 8.11. The molecule has 0 saturated heterocycles. The number of nitriles is 2. The number of hydrazine groups is 1. The fraction of sp³-hybridized carbons (Fsp3) is 0.625. The standard InChI is InChI=1S/C8H14N7S2.C7H10N2.CH5N3S/c9-8-13-11-6(16-8)4-2-1-3-5-7-12-14-15(10)17-7;8-6-4-2-1-3-5-7-9;2-1(5)4-3/h1-5H2,(H2,9,13)(H2,10,14);1-5H2;3H2,(H3,2,4,5)/q+1;;. The van der Waals surface area contributed by atoms with Gasteiger partial charge in [0.1, 0.15) is 16.5 Å². The van der Waals surface area contributed by atoms with Crippen LogP contribution in [0.5, 0.6) is 0 Å². The van der Waals surface area contributed by atoms with Crippen molar-refractivity contribution in [3.8, 4) is 12.1 Å². The number of hydrogen-bond acceptors (Lipinski definition) is 12. The van der Waals surface area contributed by atoms with E-state index in [9.17, 15) is 0 Å². The Balaban J connectivity index is 0.000000541. The molecular weight excluding hydrogens is 456 g/mol. The van der Waals surface area contributed by atoms with Crippen LogP contribution in [0.3, 0.4) is 0 Å². The van der Waals surface area contributed by atoms with Crippen LogP contribution >= 0.6 is 35.1 Å². The molecule has 0 saturated carbocycles. The molecule has 12 nitrogen and oxygen atoms in total. The summed E-state index contributed by atoms with van der Waals surface area (Å²) in [4.78, 5) is 0. The number of nitrogens with zero attached hydrogens (tertiary/aromatic N) is 7. The monoisotopic (exact) mass is 485 g/mol. The average molecular weight is 486 g/mol. The second kappa shape index (κ2) is 19.3. The minimum Gasteiger partial charge on any atom is -0.375 e. The zero-order chi connectivity index (χ0) is 23.3. The second-order valence-electron chi connectivity index (χ2n) is 5.96. The van der Waals surface area contributed by atoms with E-state index in [0.29, 0.717) is 18.0 Å². The molecule has 9 N–H and O–H groups in total. The molecule has 2 aromatic rings. The van der Waals surface area contributed by atoms with E-state index in [1.165, 1.54) is 27.0 Å². The summed E-state index contributed by atoms with van der Waals surface area (Å²) >= 11 is 7.08. The predicted molar refractivity (Wildman–Crippen MR) is 124 cm³/mol. The molecule has 0 bridgehead atoms. The van der Waals surface area contributed by atoms with Gasteiger partial charge in [-0.3, -0.25) is 0 Å². The minimum atomic E-state index is 0.116. The Kier molecular flexibility index (Phi) is 17.6. The maximum absolute atomic E-state index is 8.11. The van der Waals surface area contributed by atoms with Crippen LogP contribution in [0.25, 0.3) is 0 Å². The average Bonchev–Trinajstić information content (AvgIpc) is 3.36. The van der Waals surface area contributed by atoms with Crippen LogP contribution in [0, 0.1) is 22.7 Å². The van der Waals surface area contributed by atoms with Crippen LogP contribution in [0.15, 0.2) is 0 Å². The quantitative estimate of drug-likeness (QED) is 0.103. The fourth-order valence-electron chi connectivity index (χ4n) is 2.02. The highest BCUT2D eigenvalue weighted by Gasteiger charge is 2.09. The number of thiocarbonyl (C=S) groups is 1. The van der Waals surface area contributed by atoms with Crippen molar-refractivity contribution in [2.45, 2.75) is 64.2 Å². The Labute approximate surface area is 195 Å². The molecule has 0 aliphatic rings. The van der Waals surface area contributed by atoms with Crippen LogP contribution in [0.1, 0.15) is 61.4 Å². The van der Waals surface area contributed by atoms with E-state index in [2.05, 4.69) is 50.7 Å². The first kappa shape index (κ1) is 28.3. The number of nitrogens with one attached hydrogen (secondary N) is 1. The summed E-state index contributed by atoms with van der Waals surface area (Å²) < 4.78 is 1.28. The third-order valence-electron chi connectivity index (χ3n) is 3.43. The van der Waals surface area contributed by atoms with Crippen molar-refractivity contribution in [3.05, 3.63) is 10.0 Å². The summed E-state index contributed by atoms with van der Waals surface area (Å²) in [5, 5.41) is 34.3. The van der Waals surface area contributed by atoms with Crippen molar-refractivity contribution in [1.82, 2.24) is 25.9 Å². The molecule has 170 valence electrons. The topological polar surface area (TPSA) is 219 Å². The van der Waals surface area contributed by atoms with E-state index >= 15 is 0 Å². The minimum absolute atomic E-state index is 0.116. The fourth-order valence-corrected chi connectivity index (χ4v) is 3.26. The van der Waals surface area contributed by atoms with E-state index in [1.54, 1.807) is 0 Å². The predicted octanol–water partition coefficient (Wildman–Crippen LogP) is 0.606. The third-order valence-corrected chi connectivity index (χ3v) is 5.11. The number of anilines is 1. The molecule has 0 spiro atoms. The summed E-state index contributed by atoms with van der Waals surface area (Å²) in [6, 6.07) is 4.12. The molecule has 0 aliphatic heterocycles. The van der Waals surface area contributed by atoms with E-state index in [0.717, 1.165) is 61.4 Å². The van der Waals surface area contributed by atoms with Gasteiger partial charge in [-0.25, -0.2) is 11.7 Å². The van der Waals surface area contributed by atoms with Crippen LogP contribution < -0.4 is 32.8 Å². The van der Waals surface area contributed by atoms with Gasteiger partial charge in [0.2, 0.25) is 5.13 Å². The molecule has 0 aromatic carbocycles. The number of unbranched alkanes of at least 4 members (excludes halogenated alkanes) is 6. The molecule has 0 atom stereocenters. The van der Waals surface area contributed by atoms with E-state index in [-0.39, 0.29) is 5.11 Å². The van der Waals surface area contributed by atoms with E-state index in [1.807, 2.05) is 5.43 Å². The summed E-state index contributed by atoms with van der Waals surface area (Å²) in [5.41, 5.74) is 12.3. The Morgan fingerprint density at radius 3 is 1.94 bits per heavy atom. The Morgan fingerprint density at radius 2 is 1.52 bits per heavy atom. The number of rotatable bonds is 10. The number of aryl methyl sites for hydroxylation is 2. The molecule has 0 fully saturated rings. The van der Waals surface area contributed by atoms with Crippen LogP contribution in [-0.4, -0.2) is 25.6 Å². The lowest BCUT2D eigenvalue weighted by Crippen LogP contribution is -2.43. The smallest absolute Gasteiger partial charge is 0.275 e. The van der Waals surface area contributed by atoms with Gasteiger partial charge in [-0.2, -0.15) is 10.5 Å². The van der Waals surface area contributed by atoms with Gasteiger partial charge in [-0.15, -0.1) is 10.2 Å². The molecule has 0 unspecified atom stereocenters. The lowest BCUT2D eigenvalue weighted by molar-refractivity contribution is -0.636. The van der Waals surface area contributed by atoms with Crippen LogP contribution in [0.4, 0.5) is 5.13 Å². The zero-order valence-corrected chi connectivity index (χ0v) is 19.7. The number of aromatic nitrogens is 5. The highest BCUT2D eigenvalue weighted by atomic mass is 32.1. The van der Waals surface area contributed by atoms with Crippen molar-refractivity contribution in [1.29, 1.82) is 10.5 Å². The summed E-state index contributed by atoms with van der Waals surface area (Å²) in [7, 11) is 0. The van der Waals surface area contributed by atoms with Crippen molar-refractivity contribution in [3.63, 3.8) is 0 Å². The second-order valence-corrected chi connectivity index (χ2v) is 8.52. The van der Waals surface area contributed by atoms with Crippen molar-refractivity contribution < 1.29 is 4.18 Å². The molecular formula is C16H29N12S3+. The Hall–Kier alpha value is -2.72. The first-order chi connectivity index (χ1) is 14.9. The highest BCUT2D eigenvalue weighted by Crippen LogP contribution is 2.14. The molecule has 0 aliphatic carbocycles. The summed E-state index contributed by atoms with van der Waals surface area (Å²) in [6.07, 6.45) is 9.35. The van der Waals surface area contributed by atoms with E-state index in [4.69, 9.17) is 27.8 Å². The van der Waals surface area contributed by atoms with Crippen molar-refractivity contribution in [2.24, 2.45) is 11.6 Å². The van der Waals surface area contributed by atoms with Gasteiger partial charge in [-0.05, 0) is 37.9 Å². The molecule has 0 radical (unpaired) electrons. The van der Waals surface area contributed by atoms with Gasteiger partial charge < -0.3 is 16.9 Å². The van der Waals surface area contributed by atoms with Gasteiger partial charge in [0.05, 0.1) is 17.2 Å². The summed E-state index contributed by atoms with van der Waals surface area (Å²) in [5.74, 6) is 10.1. The number of nitrogens with two attached hydrogens (primary N) is 4. The number of hydrogen-bond donors (Lipinski definition) is 5. The SMILES string of the molecule is N#CCCCCCC#N.NNC(N)=S.Nc1nnc(CCCCCc2nn[n+](N)s2)s1. The Morgan fingerprint density at radius 1 is 0.968 bits per heavy atom. The zero-order valence-electron chi connectivity index (χ0n) is 17.2. The molecule has 2 heterocycles. The van der Waals surface area contributed by atoms with Gasteiger partial charge in [-0.1, -0.05) is 24.2 Å². The molecule has 15 heteroatoms. The lowest BCUT2D eigenvalue weighted by Gasteiger charge is -1.94. The van der Waals surface area contributed by atoms with Crippen molar-refractivity contribution in [2.75, 3.05) is 11.6 Å². The lowest BCUT2D eigenvalue weighted by atomic mass is 10.1. The first-order valence-electron chi connectivity index (χ1n) is 9.51. The van der Waals surface area contributed by atoms with Crippen LogP contribution in [-0.2, 0) is 12.8 Å². The van der Waals surface area contributed by atoms with Gasteiger partial charge in [0, 0.05) is 29.9 Å². The van der Waals surface area contributed by atoms with Crippen molar-refractivity contribution >= 4 is 45.3 Å². The Bertz CT molecular complexity index is 749. The molecule has 0 amide bonds. The van der Waals surface area contributed by atoms with Gasteiger partial charge >= 0.3 is 0 Å². The van der Waals surface area contributed by atoms with Crippen LogP contribution in [0.2, 0.25) is 0 Å². The maximum Gasteiger partial charge on any atom is 0.275 e.